The minimum Gasteiger partial charge on any atom is -0.456 e. The molecule has 1 saturated carbocycles. The van der Waals surface area contributed by atoms with Crippen molar-refractivity contribution in [3.05, 3.63) is 125 Å². The van der Waals surface area contributed by atoms with Crippen LogP contribution in [0.2, 0.25) is 0 Å². The van der Waals surface area contributed by atoms with E-state index in [2.05, 4.69) is 53.7 Å². The maximum Gasteiger partial charge on any atom is 0.340 e. The normalized spacial score (nSPS) is 20.5. The van der Waals surface area contributed by atoms with E-state index < -0.39 is 5.60 Å². The minimum atomic E-state index is -1.06. The first kappa shape index (κ1) is 24.0. The molecule has 1 spiro atoms. The molecular formula is C34H32N2O3. The third-order valence-corrected chi connectivity index (χ3v) is 8.59. The zero-order chi connectivity index (χ0) is 26.4. The summed E-state index contributed by atoms with van der Waals surface area (Å²) in [5.41, 5.74) is 4.27. The molecule has 39 heavy (non-hydrogen) atoms. The number of hydrogen-bond acceptors (Lipinski definition) is 5. The lowest BCUT2D eigenvalue weighted by atomic mass is 9.77. The van der Waals surface area contributed by atoms with Gasteiger partial charge in [-0.25, -0.2) is 4.79 Å². The number of carbonyl (C=O) groups excluding carboxylic acids is 1. The van der Waals surface area contributed by atoms with Crippen LogP contribution in [0.1, 0.15) is 70.9 Å². The van der Waals surface area contributed by atoms with Crippen molar-refractivity contribution in [2.75, 3.05) is 12.4 Å². The summed E-state index contributed by atoms with van der Waals surface area (Å²) in [6, 6.07) is 32.8. The number of carbonyl (C=O) groups is 1. The highest BCUT2D eigenvalue weighted by Gasteiger charge is 2.53. The highest BCUT2D eigenvalue weighted by molar-refractivity contribution is 5.97. The summed E-state index contributed by atoms with van der Waals surface area (Å²) in [6.07, 6.45) is 6.15. The van der Waals surface area contributed by atoms with Gasteiger partial charge in [-0.3, -0.25) is 4.90 Å². The number of esters is 1. The highest BCUT2D eigenvalue weighted by Crippen LogP contribution is 2.56. The Labute approximate surface area is 229 Å². The smallest absolute Gasteiger partial charge is 0.340 e. The summed E-state index contributed by atoms with van der Waals surface area (Å²) in [5.74, 6) is 1.11. The van der Waals surface area contributed by atoms with E-state index in [1.807, 2.05) is 60.7 Å². The van der Waals surface area contributed by atoms with Gasteiger partial charge in [0.1, 0.15) is 17.7 Å². The maximum absolute atomic E-state index is 13.2. The monoisotopic (exact) mass is 516 g/mol. The molecule has 1 N–H and O–H groups in total. The summed E-state index contributed by atoms with van der Waals surface area (Å²) < 4.78 is 12.8. The van der Waals surface area contributed by atoms with Gasteiger partial charge in [0.2, 0.25) is 0 Å². The Morgan fingerprint density at radius 3 is 2.31 bits per heavy atom. The maximum atomic E-state index is 13.2. The van der Waals surface area contributed by atoms with Crippen LogP contribution in [0.15, 0.2) is 97.1 Å². The first-order chi connectivity index (χ1) is 19.1. The average Bonchev–Trinajstić information content (AvgIpc) is 3.29. The fraction of sp³-hybridized carbons (Fsp3) is 0.265. The lowest BCUT2D eigenvalue weighted by molar-refractivity contribution is 0.0223. The predicted octanol–water partition coefficient (Wildman–Crippen LogP) is 7.63. The second-order valence-electron chi connectivity index (χ2n) is 10.8. The number of para-hydroxylation sites is 2. The molecule has 2 unspecified atom stereocenters. The zero-order valence-electron chi connectivity index (χ0n) is 22.1. The number of rotatable bonds is 5. The highest BCUT2D eigenvalue weighted by atomic mass is 16.6. The molecule has 1 aliphatic carbocycles. The van der Waals surface area contributed by atoms with Crippen molar-refractivity contribution in [1.82, 2.24) is 4.90 Å². The first-order valence-electron chi connectivity index (χ1n) is 13.9. The van der Waals surface area contributed by atoms with Crippen molar-refractivity contribution in [3.8, 4) is 11.5 Å². The standard InChI is InChI=1S/C34H32N2O3/c1-36(25-14-6-3-7-15-25)32(35-24-12-4-2-5-13-24)23-20-21-31-29(22-23)34(28-18-10-11-19-30(28)38-31)27-17-9-8-16-26(27)33(37)39-34/h2,4-5,8-13,16-22,25,32,35H,3,6-7,14-15H2,1H3. The van der Waals surface area contributed by atoms with Crippen molar-refractivity contribution >= 4 is 11.7 Å². The Hall–Kier alpha value is -4.09. The third-order valence-electron chi connectivity index (χ3n) is 8.59. The Morgan fingerprint density at radius 1 is 0.795 bits per heavy atom. The molecule has 4 aromatic rings. The number of nitrogens with zero attached hydrogens (tertiary/aromatic N) is 1. The van der Waals surface area contributed by atoms with Gasteiger partial charge in [0, 0.05) is 28.4 Å². The molecule has 0 amide bonds. The predicted molar refractivity (Wildman–Crippen MR) is 152 cm³/mol. The Bertz CT molecular complexity index is 1530. The number of ether oxygens (including phenoxy) is 2. The van der Waals surface area contributed by atoms with Crippen LogP contribution in [0.3, 0.4) is 0 Å². The molecule has 0 bridgehead atoms. The Kier molecular flexibility index (Phi) is 5.89. The second kappa shape index (κ2) is 9.58. The number of anilines is 1. The fourth-order valence-corrected chi connectivity index (χ4v) is 6.62. The van der Waals surface area contributed by atoms with E-state index >= 15 is 0 Å². The van der Waals surface area contributed by atoms with Crippen molar-refractivity contribution in [2.45, 2.75) is 49.9 Å². The van der Waals surface area contributed by atoms with Gasteiger partial charge in [0.25, 0.3) is 0 Å². The van der Waals surface area contributed by atoms with E-state index in [0.29, 0.717) is 23.1 Å². The van der Waals surface area contributed by atoms with Gasteiger partial charge in [0.15, 0.2) is 5.60 Å². The second-order valence-corrected chi connectivity index (χ2v) is 10.8. The van der Waals surface area contributed by atoms with Crippen LogP contribution in [-0.2, 0) is 10.3 Å². The molecule has 4 aromatic carbocycles. The van der Waals surface area contributed by atoms with Crippen molar-refractivity contribution < 1.29 is 14.3 Å². The van der Waals surface area contributed by atoms with E-state index in [-0.39, 0.29) is 12.1 Å². The van der Waals surface area contributed by atoms with Crippen LogP contribution in [0.25, 0.3) is 0 Å². The summed E-state index contributed by atoms with van der Waals surface area (Å²) in [5, 5.41) is 3.80. The van der Waals surface area contributed by atoms with Crippen LogP contribution in [0, 0.1) is 0 Å². The number of hydrogen-bond donors (Lipinski definition) is 1. The molecule has 3 aliphatic rings. The molecule has 1 fully saturated rings. The molecule has 2 atom stereocenters. The molecule has 196 valence electrons. The van der Waals surface area contributed by atoms with E-state index in [0.717, 1.165) is 27.9 Å². The van der Waals surface area contributed by atoms with Gasteiger partial charge in [-0.1, -0.05) is 79.9 Å². The summed E-state index contributed by atoms with van der Waals surface area (Å²) in [7, 11) is 2.22. The number of benzene rings is 4. The lowest BCUT2D eigenvalue weighted by Crippen LogP contribution is -2.40. The Morgan fingerprint density at radius 2 is 1.49 bits per heavy atom. The van der Waals surface area contributed by atoms with Crippen LogP contribution in [-0.4, -0.2) is 24.0 Å². The molecule has 0 radical (unpaired) electrons. The first-order valence-corrected chi connectivity index (χ1v) is 13.9. The summed E-state index contributed by atoms with van der Waals surface area (Å²) in [6.45, 7) is 0. The van der Waals surface area contributed by atoms with Gasteiger partial charge < -0.3 is 14.8 Å². The van der Waals surface area contributed by atoms with E-state index in [1.165, 1.54) is 32.1 Å². The van der Waals surface area contributed by atoms with Gasteiger partial charge in [-0.05, 0) is 61.9 Å². The van der Waals surface area contributed by atoms with Crippen LogP contribution >= 0.6 is 0 Å². The minimum absolute atomic E-state index is 0.0673. The molecule has 0 saturated heterocycles. The molecule has 2 heterocycles. The fourth-order valence-electron chi connectivity index (χ4n) is 6.62. The van der Waals surface area contributed by atoms with Crippen molar-refractivity contribution in [1.29, 1.82) is 0 Å². The van der Waals surface area contributed by atoms with Crippen molar-refractivity contribution in [3.63, 3.8) is 0 Å². The molecular weight excluding hydrogens is 484 g/mol. The lowest BCUT2D eigenvalue weighted by Gasteiger charge is -2.40. The average molecular weight is 517 g/mol. The molecule has 2 aliphatic heterocycles. The quantitative estimate of drug-likeness (QED) is 0.218. The van der Waals surface area contributed by atoms with Crippen LogP contribution < -0.4 is 10.1 Å². The van der Waals surface area contributed by atoms with Crippen LogP contribution in [0.4, 0.5) is 5.69 Å². The summed E-state index contributed by atoms with van der Waals surface area (Å²) in [4.78, 5) is 15.7. The Balaban J connectivity index is 1.39. The zero-order valence-corrected chi connectivity index (χ0v) is 22.1. The van der Waals surface area contributed by atoms with E-state index in [9.17, 15) is 4.79 Å². The SMILES string of the molecule is CN(C1CCCCC1)C(Nc1ccccc1)c1ccc2c(c1)C1(OC(=O)c3ccccc31)c1ccccc1O2. The van der Waals surface area contributed by atoms with E-state index in [1.54, 1.807) is 0 Å². The third kappa shape index (κ3) is 3.92. The van der Waals surface area contributed by atoms with Gasteiger partial charge in [-0.15, -0.1) is 0 Å². The topological polar surface area (TPSA) is 50.8 Å². The molecule has 0 aromatic heterocycles. The van der Waals surface area contributed by atoms with Gasteiger partial charge in [-0.2, -0.15) is 0 Å². The summed E-state index contributed by atoms with van der Waals surface area (Å²) >= 11 is 0. The van der Waals surface area contributed by atoms with Crippen molar-refractivity contribution in [2.24, 2.45) is 0 Å². The molecule has 5 nitrogen and oxygen atoms in total. The molecule has 7 rings (SSSR count). The molecule has 5 heteroatoms. The number of fused-ring (bicyclic) bond motifs is 6. The van der Waals surface area contributed by atoms with Gasteiger partial charge >= 0.3 is 5.97 Å². The number of nitrogens with one attached hydrogen (secondary N) is 1. The van der Waals surface area contributed by atoms with Gasteiger partial charge in [0.05, 0.1) is 5.56 Å². The largest absolute Gasteiger partial charge is 0.456 e. The van der Waals surface area contributed by atoms with Crippen LogP contribution in [0.5, 0.6) is 11.5 Å². The van der Waals surface area contributed by atoms with E-state index in [4.69, 9.17) is 9.47 Å².